The van der Waals surface area contributed by atoms with E-state index in [-0.39, 0.29) is 0 Å². The molecule has 0 spiro atoms. The molecule has 3 nitrogen and oxygen atoms in total. The summed E-state index contributed by atoms with van der Waals surface area (Å²) in [6.07, 6.45) is 4.62. The van der Waals surface area contributed by atoms with E-state index in [9.17, 15) is 0 Å². The molecule has 0 unspecified atom stereocenters. The molecule has 0 fully saturated rings. The molecule has 2 N–H and O–H groups in total. The van der Waals surface area contributed by atoms with Crippen LogP contribution >= 0.6 is 11.8 Å². The fourth-order valence-electron chi connectivity index (χ4n) is 1.89. The molecule has 0 aliphatic carbocycles. The lowest BCUT2D eigenvalue weighted by Gasteiger charge is -2.06. The fraction of sp³-hybridized carbons (Fsp3) is 0.400. The number of aliphatic hydroxyl groups is 1. The predicted octanol–water partition coefficient (Wildman–Crippen LogP) is 2.44. The van der Waals surface area contributed by atoms with Crippen molar-refractivity contribution in [3.05, 3.63) is 42.2 Å². The van der Waals surface area contributed by atoms with Gasteiger partial charge in [0.1, 0.15) is 0 Å². The summed E-state index contributed by atoms with van der Waals surface area (Å²) in [6.45, 7) is 2.20. The van der Waals surface area contributed by atoms with Gasteiger partial charge in [0.25, 0.3) is 0 Å². The summed E-state index contributed by atoms with van der Waals surface area (Å²) in [5.74, 6) is 2.14. The largest absolute Gasteiger partial charge is 0.396 e. The van der Waals surface area contributed by atoms with Crippen LogP contribution in [0.2, 0.25) is 0 Å². The predicted molar refractivity (Wildman–Crippen MR) is 82.5 cm³/mol. The average Bonchev–Trinajstić information content (AvgIpc) is 2.46. The van der Waals surface area contributed by atoms with E-state index in [1.165, 1.54) is 16.3 Å². The summed E-state index contributed by atoms with van der Waals surface area (Å²) in [6, 6.07) is 8.53. The second-order valence-corrected chi connectivity index (χ2v) is 5.65. The monoisotopic (exact) mass is 276 g/mol. The summed E-state index contributed by atoms with van der Waals surface area (Å²) in [5.41, 5.74) is 1.30. The van der Waals surface area contributed by atoms with Crippen molar-refractivity contribution in [1.82, 2.24) is 10.3 Å². The first-order chi connectivity index (χ1) is 9.40. The molecule has 0 aliphatic heterocycles. The van der Waals surface area contributed by atoms with Crippen LogP contribution in [0, 0.1) is 0 Å². The minimum atomic E-state index is 0.298. The van der Waals surface area contributed by atoms with Crippen LogP contribution in [0.4, 0.5) is 0 Å². The summed E-state index contributed by atoms with van der Waals surface area (Å²) < 4.78 is 0. The van der Waals surface area contributed by atoms with Crippen LogP contribution in [0.1, 0.15) is 12.0 Å². The molecule has 2 aromatic rings. The Morgan fingerprint density at radius 1 is 1.16 bits per heavy atom. The number of aromatic nitrogens is 1. The molecule has 0 bridgehead atoms. The van der Waals surface area contributed by atoms with E-state index in [1.54, 1.807) is 0 Å². The molecule has 0 saturated carbocycles. The van der Waals surface area contributed by atoms with Crippen LogP contribution in [0.3, 0.4) is 0 Å². The highest BCUT2D eigenvalue weighted by molar-refractivity contribution is 7.99. The second kappa shape index (κ2) is 8.15. The second-order valence-electron chi connectivity index (χ2n) is 4.42. The highest BCUT2D eigenvalue weighted by Gasteiger charge is 1.96. The van der Waals surface area contributed by atoms with Crippen LogP contribution in [0.25, 0.3) is 10.8 Å². The number of rotatable bonds is 8. The molecule has 2 rings (SSSR count). The molecule has 0 amide bonds. The van der Waals surface area contributed by atoms with Gasteiger partial charge in [-0.25, -0.2) is 0 Å². The molecule has 0 atom stereocenters. The smallest absolute Gasteiger partial charge is 0.0438 e. The third-order valence-electron chi connectivity index (χ3n) is 2.90. The third-order valence-corrected chi connectivity index (χ3v) is 3.97. The van der Waals surface area contributed by atoms with E-state index in [1.807, 2.05) is 30.2 Å². The maximum atomic E-state index is 8.67. The molecule has 1 aromatic carbocycles. The highest BCUT2D eigenvalue weighted by Crippen LogP contribution is 2.14. The number of hydrogen-bond donors (Lipinski definition) is 2. The molecule has 1 heterocycles. The number of nitrogens with zero attached hydrogens (tertiary/aromatic N) is 1. The lowest BCUT2D eigenvalue weighted by atomic mass is 10.1. The van der Waals surface area contributed by atoms with Gasteiger partial charge in [-0.05, 0) is 35.3 Å². The van der Waals surface area contributed by atoms with Gasteiger partial charge < -0.3 is 10.4 Å². The first kappa shape index (κ1) is 14.3. The minimum absolute atomic E-state index is 0.298. The van der Waals surface area contributed by atoms with E-state index in [0.717, 1.165) is 31.0 Å². The Hall–Kier alpha value is -1.10. The maximum Gasteiger partial charge on any atom is 0.0438 e. The summed E-state index contributed by atoms with van der Waals surface area (Å²) in [5, 5.41) is 14.5. The van der Waals surface area contributed by atoms with E-state index in [2.05, 4.69) is 28.5 Å². The zero-order chi connectivity index (χ0) is 13.3. The van der Waals surface area contributed by atoms with Crippen molar-refractivity contribution in [2.45, 2.75) is 13.0 Å². The SMILES string of the molecule is OCCCSCCNCc1ccc2cnccc2c1. The molecule has 0 aliphatic rings. The van der Waals surface area contributed by atoms with Gasteiger partial charge in [-0.1, -0.05) is 12.1 Å². The van der Waals surface area contributed by atoms with Crippen LogP contribution in [0.15, 0.2) is 36.7 Å². The maximum absolute atomic E-state index is 8.67. The van der Waals surface area contributed by atoms with E-state index in [0.29, 0.717) is 6.61 Å². The number of nitrogens with one attached hydrogen (secondary N) is 1. The molecule has 19 heavy (non-hydrogen) atoms. The van der Waals surface area contributed by atoms with Crippen molar-refractivity contribution >= 4 is 22.5 Å². The molecule has 4 heteroatoms. The Balaban J connectivity index is 1.72. The van der Waals surface area contributed by atoms with Crippen molar-refractivity contribution in [2.24, 2.45) is 0 Å². The highest BCUT2D eigenvalue weighted by atomic mass is 32.2. The molecular weight excluding hydrogens is 256 g/mol. The van der Waals surface area contributed by atoms with E-state index >= 15 is 0 Å². The van der Waals surface area contributed by atoms with Gasteiger partial charge in [0.15, 0.2) is 0 Å². The number of thioether (sulfide) groups is 1. The van der Waals surface area contributed by atoms with Crippen LogP contribution in [-0.2, 0) is 6.54 Å². The Bertz CT molecular complexity index is 504. The quantitative estimate of drug-likeness (QED) is 0.727. The van der Waals surface area contributed by atoms with Crippen LogP contribution < -0.4 is 5.32 Å². The molecule has 0 radical (unpaired) electrons. The van der Waals surface area contributed by atoms with Crippen molar-refractivity contribution in [2.75, 3.05) is 24.7 Å². The number of aliphatic hydroxyl groups excluding tert-OH is 1. The molecule has 0 saturated heterocycles. The van der Waals surface area contributed by atoms with Gasteiger partial charge in [-0.3, -0.25) is 4.98 Å². The molecule has 1 aromatic heterocycles. The Labute approximate surface area is 118 Å². The van der Waals surface area contributed by atoms with Gasteiger partial charge in [-0.15, -0.1) is 0 Å². The third kappa shape index (κ3) is 4.82. The van der Waals surface area contributed by atoms with Gasteiger partial charge in [0, 0.05) is 43.2 Å². The molecular formula is C15H20N2OS. The Kier molecular flexibility index (Phi) is 6.14. The van der Waals surface area contributed by atoms with E-state index in [4.69, 9.17) is 5.11 Å². The Morgan fingerprint density at radius 2 is 2.11 bits per heavy atom. The fourth-order valence-corrected chi connectivity index (χ4v) is 2.71. The summed E-state index contributed by atoms with van der Waals surface area (Å²) >= 11 is 1.88. The summed E-state index contributed by atoms with van der Waals surface area (Å²) in [7, 11) is 0. The number of fused-ring (bicyclic) bond motifs is 1. The van der Waals surface area contributed by atoms with Crippen molar-refractivity contribution in [3.63, 3.8) is 0 Å². The zero-order valence-corrected chi connectivity index (χ0v) is 11.8. The van der Waals surface area contributed by atoms with Crippen molar-refractivity contribution in [3.8, 4) is 0 Å². The van der Waals surface area contributed by atoms with Crippen molar-refractivity contribution < 1.29 is 5.11 Å². The van der Waals surface area contributed by atoms with Crippen LogP contribution in [-0.4, -0.2) is 34.7 Å². The van der Waals surface area contributed by atoms with Gasteiger partial charge in [0.2, 0.25) is 0 Å². The summed E-state index contributed by atoms with van der Waals surface area (Å²) in [4.78, 5) is 4.12. The Morgan fingerprint density at radius 3 is 3.00 bits per heavy atom. The van der Waals surface area contributed by atoms with Crippen molar-refractivity contribution in [1.29, 1.82) is 0 Å². The lowest BCUT2D eigenvalue weighted by Crippen LogP contribution is -2.16. The van der Waals surface area contributed by atoms with Gasteiger partial charge in [-0.2, -0.15) is 11.8 Å². The standard InChI is InChI=1S/C15H20N2OS/c18-7-1-8-19-9-6-17-11-13-2-3-15-12-16-5-4-14(15)10-13/h2-5,10,12,17-18H,1,6-9,11H2. The first-order valence-corrected chi connectivity index (χ1v) is 7.77. The van der Waals surface area contributed by atoms with Gasteiger partial charge >= 0.3 is 0 Å². The average molecular weight is 276 g/mol. The number of hydrogen-bond acceptors (Lipinski definition) is 4. The minimum Gasteiger partial charge on any atom is -0.396 e. The van der Waals surface area contributed by atoms with E-state index < -0.39 is 0 Å². The van der Waals surface area contributed by atoms with Crippen LogP contribution in [0.5, 0.6) is 0 Å². The first-order valence-electron chi connectivity index (χ1n) is 6.62. The number of benzene rings is 1. The lowest BCUT2D eigenvalue weighted by molar-refractivity contribution is 0.296. The molecule has 102 valence electrons. The normalized spacial score (nSPS) is 11.0. The van der Waals surface area contributed by atoms with Gasteiger partial charge in [0.05, 0.1) is 0 Å². The topological polar surface area (TPSA) is 45.1 Å². The number of pyridine rings is 1. The zero-order valence-electron chi connectivity index (χ0n) is 11.0.